The Morgan fingerprint density at radius 1 is 0.976 bits per heavy atom. The number of hydrogen-bond donors (Lipinski definition) is 4. The average molecular weight is 612 g/mol. The van der Waals surface area contributed by atoms with E-state index in [0.717, 1.165) is 5.56 Å². The first-order valence-electron chi connectivity index (χ1n) is 14.1. The lowest BCUT2D eigenvalue weighted by Crippen LogP contribution is -2.39. The summed E-state index contributed by atoms with van der Waals surface area (Å²) in [6.45, 7) is 1.66. The molecule has 1 aromatic rings. The molecule has 2 atom stereocenters. The van der Waals surface area contributed by atoms with Crippen LogP contribution in [0.5, 0.6) is 0 Å². The predicted octanol–water partition coefficient (Wildman–Crippen LogP) is 0.828. The van der Waals surface area contributed by atoms with Crippen LogP contribution in [0.25, 0.3) is 0 Å². The van der Waals surface area contributed by atoms with Crippen molar-refractivity contribution in [3.05, 3.63) is 30.1 Å². The minimum atomic E-state index is -0.766. The number of nitrogens with zero attached hydrogens (tertiary/aromatic N) is 2. The van der Waals surface area contributed by atoms with E-state index in [1.54, 1.807) is 30.4 Å². The summed E-state index contributed by atoms with van der Waals surface area (Å²) in [5.74, 6) is -2.34. The maximum absolute atomic E-state index is 12.8. The van der Waals surface area contributed by atoms with Crippen LogP contribution in [0.1, 0.15) is 56.6 Å². The van der Waals surface area contributed by atoms with E-state index in [-0.39, 0.29) is 86.5 Å². The maximum atomic E-state index is 12.8. The van der Waals surface area contributed by atoms with Gasteiger partial charge in [0.15, 0.2) is 0 Å². The summed E-state index contributed by atoms with van der Waals surface area (Å²) in [4.78, 5) is 65.7. The van der Waals surface area contributed by atoms with E-state index in [0.29, 0.717) is 52.0 Å². The first kappa shape index (κ1) is 34.9. The van der Waals surface area contributed by atoms with Gasteiger partial charge in [-0.2, -0.15) is 0 Å². The fraction of sp³-hybridized carbons (Fsp3) is 0.643. The quantitative estimate of drug-likeness (QED) is 0.197. The van der Waals surface area contributed by atoms with Crippen molar-refractivity contribution in [1.29, 1.82) is 0 Å². The number of carbonyl (C=O) groups excluding carboxylic acids is 4. The number of aromatic nitrogens is 1. The van der Waals surface area contributed by atoms with Gasteiger partial charge in [-0.3, -0.25) is 29.0 Å². The summed E-state index contributed by atoms with van der Waals surface area (Å²) in [7, 11) is 1.67. The molecule has 2 fully saturated rings. The molecule has 0 aromatic carbocycles. The standard InChI is InChI=1S/C28H41N5O8.ClH/c1-33-25(36)17-22(26(33)20-3-2-10-29-18-20)27(37)31-11-8-23(34)30-12-14-41-16-15-40-13-9-24(35)32-21-6-4-19(5-7-21)28(38)39;/h2-3,10,18-19,21-22,26H,4-9,11-17H2,1H3,(H,30,34)(H,31,37)(H,32,35)(H,38,39);1H/t19?,21?,22-,26+;/m0./s1. The third-order valence-electron chi connectivity index (χ3n) is 7.46. The van der Waals surface area contributed by atoms with E-state index in [1.807, 2.05) is 6.07 Å². The first-order valence-corrected chi connectivity index (χ1v) is 14.1. The Morgan fingerprint density at radius 3 is 2.36 bits per heavy atom. The molecular weight excluding hydrogens is 570 g/mol. The molecule has 1 saturated heterocycles. The SMILES string of the molecule is CN1C(=O)C[C@H](C(=O)NCCC(=O)NCCOCCOCCC(=O)NC2CCC(C(=O)O)CC2)[C@H]1c1cccnc1.Cl. The van der Waals surface area contributed by atoms with Crippen LogP contribution >= 0.6 is 12.4 Å². The Bertz CT molecular complexity index is 1040. The van der Waals surface area contributed by atoms with Gasteiger partial charge >= 0.3 is 5.97 Å². The van der Waals surface area contributed by atoms with Crippen LogP contribution in [0.2, 0.25) is 0 Å². The van der Waals surface area contributed by atoms with E-state index in [2.05, 4.69) is 20.9 Å². The largest absolute Gasteiger partial charge is 0.481 e. The van der Waals surface area contributed by atoms with Gasteiger partial charge in [0.05, 0.1) is 44.3 Å². The lowest BCUT2D eigenvalue weighted by atomic mass is 9.86. The highest BCUT2D eigenvalue weighted by atomic mass is 35.5. The zero-order chi connectivity index (χ0) is 29.6. The number of amides is 4. The van der Waals surface area contributed by atoms with Gasteiger partial charge in [0.2, 0.25) is 23.6 Å². The number of pyridine rings is 1. The summed E-state index contributed by atoms with van der Waals surface area (Å²) < 4.78 is 10.8. The molecular formula is C28H42ClN5O8. The van der Waals surface area contributed by atoms with Gasteiger partial charge < -0.3 is 35.4 Å². The fourth-order valence-electron chi connectivity index (χ4n) is 5.16. The van der Waals surface area contributed by atoms with Crippen LogP contribution in [0.4, 0.5) is 0 Å². The van der Waals surface area contributed by atoms with Crippen LogP contribution in [0.3, 0.4) is 0 Å². The summed E-state index contributed by atoms with van der Waals surface area (Å²) >= 11 is 0. The number of aliphatic carboxylic acids is 1. The van der Waals surface area contributed by atoms with Crippen LogP contribution in [0.15, 0.2) is 24.5 Å². The molecule has 0 bridgehead atoms. The molecule has 2 heterocycles. The van der Waals surface area contributed by atoms with Gasteiger partial charge in [-0.05, 0) is 37.3 Å². The van der Waals surface area contributed by atoms with Crippen molar-refractivity contribution >= 4 is 42.0 Å². The second-order valence-electron chi connectivity index (χ2n) is 10.4. The molecule has 4 amide bonds. The Hall–Kier alpha value is -3.29. The summed E-state index contributed by atoms with van der Waals surface area (Å²) in [6, 6.07) is 3.25. The van der Waals surface area contributed by atoms with Crippen molar-refractivity contribution in [2.75, 3.05) is 46.6 Å². The number of hydrogen-bond acceptors (Lipinski definition) is 8. The van der Waals surface area contributed by atoms with E-state index in [1.165, 1.54) is 0 Å². The number of ether oxygens (including phenoxy) is 2. The van der Waals surface area contributed by atoms with E-state index in [4.69, 9.17) is 14.6 Å². The molecule has 4 N–H and O–H groups in total. The highest BCUT2D eigenvalue weighted by Crippen LogP contribution is 2.36. The van der Waals surface area contributed by atoms with Crippen LogP contribution in [-0.2, 0) is 33.4 Å². The third kappa shape index (κ3) is 11.2. The molecule has 14 heteroatoms. The second kappa shape index (κ2) is 18.3. The van der Waals surface area contributed by atoms with E-state index < -0.39 is 11.9 Å². The Kier molecular flexibility index (Phi) is 15.2. The lowest BCUT2D eigenvalue weighted by Gasteiger charge is -2.26. The smallest absolute Gasteiger partial charge is 0.306 e. The molecule has 1 aliphatic heterocycles. The zero-order valence-corrected chi connectivity index (χ0v) is 24.7. The number of carboxylic acid groups (broad SMARTS) is 1. The average Bonchev–Trinajstić information content (AvgIpc) is 3.26. The number of rotatable bonds is 16. The molecule has 3 rings (SSSR count). The molecule has 13 nitrogen and oxygen atoms in total. The Morgan fingerprint density at radius 2 is 1.69 bits per heavy atom. The molecule has 0 radical (unpaired) electrons. The molecule has 1 aromatic heterocycles. The predicted molar refractivity (Wildman–Crippen MR) is 154 cm³/mol. The number of carboxylic acids is 1. The maximum Gasteiger partial charge on any atom is 0.306 e. The highest BCUT2D eigenvalue weighted by Gasteiger charge is 2.42. The second-order valence-corrected chi connectivity index (χ2v) is 10.4. The van der Waals surface area contributed by atoms with Gasteiger partial charge in [0.1, 0.15) is 0 Å². The number of halogens is 1. The summed E-state index contributed by atoms with van der Waals surface area (Å²) in [5.41, 5.74) is 0.794. The van der Waals surface area contributed by atoms with Crippen molar-refractivity contribution in [1.82, 2.24) is 25.8 Å². The molecule has 0 spiro atoms. The van der Waals surface area contributed by atoms with Crippen molar-refractivity contribution in [3.63, 3.8) is 0 Å². The lowest BCUT2D eigenvalue weighted by molar-refractivity contribution is -0.143. The van der Waals surface area contributed by atoms with E-state index >= 15 is 0 Å². The van der Waals surface area contributed by atoms with Crippen molar-refractivity contribution in [3.8, 4) is 0 Å². The number of carbonyl (C=O) groups is 5. The zero-order valence-electron chi connectivity index (χ0n) is 23.9. The van der Waals surface area contributed by atoms with Crippen LogP contribution in [0, 0.1) is 11.8 Å². The van der Waals surface area contributed by atoms with E-state index in [9.17, 15) is 24.0 Å². The number of nitrogens with one attached hydrogen (secondary N) is 3. The topological polar surface area (TPSA) is 176 Å². The summed E-state index contributed by atoms with van der Waals surface area (Å²) in [6.07, 6.45) is 6.25. The monoisotopic (exact) mass is 611 g/mol. The van der Waals surface area contributed by atoms with Gasteiger partial charge in [0.25, 0.3) is 0 Å². The van der Waals surface area contributed by atoms with Crippen molar-refractivity contribution in [2.45, 2.75) is 57.0 Å². The first-order chi connectivity index (χ1) is 19.8. The van der Waals surface area contributed by atoms with Crippen molar-refractivity contribution < 1.29 is 38.6 Å². The van der Waals surface area contributed by atoms with Crippen LogP contribution in [-0.4, -0.2) is 97.2 Å². The Balaban J connectivity index is 0.00000616. The molecule has 42 heavy (non-hydrogen) atoms. The normalized spacial score (nSPS) is 21.7. The van der Waals surface area contributed by atoms with Crippen LogP contribution < -0.4 is 16.0 Å². The molecule has 1 aliphatic carbocycles. The minimum absolute atomic E-state index is 0. The van der Waals surface area contributed by atoms with Gasteiger partial charge in [0, 0.05) is 57.8 Å². The molecule has 1 saturated carbocycles. The van der Waals surface area contributed by atoms with Gasteiger partial charge in [-0.25, -0.2) is 0 Å². The fourth-order valence-corrected chi connectivity index (χ4v) is 5.16. The highest BCUT2D eigenvalue weighted by molar-refractivity contribution is 5.90. The molecule has 234 valence electrons. The number of likely N-dealkylation sites (tertiary alicyclic amines) is 1. The van der Waals surface area contributed by atoms with Crippen molar-refractivity contribution in [2.24, 2.45) is 11.8 Å². The molecule has 2 aliphatic rings. The Labute approximate surface area is 251 Å². The third-order valence-corrected chi connectivity index (χ3v) is 7.46. The molecule has 0 unspecified atom stereocenters. The minimum Gasteiger partial charge on any atom is -0.481 e. The van der Waals surface area contributed by atoms with Gasteiger partial charge in [-0.1, -0.05) is 6.07 Å². The van der Waals surface area contributed by atoms with Gasteiger partial charge in [-0.15, -0.1) is 12.4 Å². The summed E-state index contributed by atoms with van der Waals surface area (Å²) in [5, 5.41) is 17.5.